The second-order valence-corrected chi connectivity index (χ2v) is 11.7. The van der Waals surface area contributed by atoms with Crippen LogP contribution in [0.15, 0.2) is 24.3 Å². The summed E-state index contributed by atoms with van der Waals surface area (Å²) in [6.45, 7) is 1.02. The minimum Gasteiger partial charge on any atom is -0.756 e. The van der Waals surface area contributed by atoms with Crippen molar-refractivity contribution >= 4 is 30.4 Å². The molecule has 0 aliphatic rings. The Labute approximate surface area is 197 Å². The van der Waals surface area contributed by atoms with Gasteiger partial charge >= 0.3 is 0 Å². The van der Waals surface area contributed by atoms with Crippen molar-refractivity contribution in [1.29, 1.82) is 0 Å². The zero-order chi connectivity index (χ0) is 22.3. The molecule has 0 aliphatic heterocycles. The highest BCUT2D eigenvalue weighted by molar-refractivity contribution is 14.1. The molecule has 5 nitrogen and oxygen atoms in total. The van der Waals surface area contributed by atoms with Crippen molar-refractivity contribution in [3.8, 4) is 0 Å². The largest absolute Gasteiger partial charge is 0.756 e. The van der Waals surface area contributed by atoms with E-state index in [0.717, 1.165) is 19.3 Å². The summed E-state index contributed by atoms with van der Waals surface area (Å²) in [7, 11) is 1.84. The zero-order valence-corrected chi connectivity index (χ0v) is 22.2. The van der Waals surface area contributed by atoms with Crippen molar-refractivity contribution in [2.24, 2.45) is 0 Å². The smallest absolute Gasteiger partial charge is 0.268 e. The van der Waals surface area contributed by atoms with Gasteiger partial charge < -0.3 is 18.4 Å². The molecule has 1 aromatic carbocycles. The zero-order valence-electron chi connectivity index (χ0n) is 19.1. The Bertz CT molecular complexity index is 604. The summed E-state index contributed by atoms with van der Waals surface area (Å²) in [5, 5.41) is 0. The van der Waals surface area contributed by atoms with Gasteiger partial charge in [0, 0.05) is 3.57 Å². The van der Waals surface area contributed by atoms with Crippen LogP contribution in [0.1, 0.15) is 69.8 Å². The molecule has 0 amide bonds. The van der Waals surface area contributed by atoms with Crippen LogP contribution in [0, 0.1) is 3.57 Å². The molecule has 1 atom stereocenters. The van der Waals surface area contributed by atoms with Crippen molar-refractivity contribution in [3.05, 3.63) is 33.4 Å². The van der Waals surface area contributed by atoms with Crippen LogP contribution in [-0.4, -0.2) is 45.4 Å². The lowest BCUT2D eigenvalue weighted by Gasteiger charge is -2.27. The Morgan fingerprint density at radius 2 is 1.27 bits per heavy atom. The molecule has 30 heavy (non-hydrogen) atoms. The Kier molecular flexibility index (Phi) is 14.7. The van der Waals surface area contributed by atoms with Gasteiger partial charge in [-0.15, -0.1) is 0 Å². The number of hydrogen-bond acceptors (Lipinski definition) is 4. The third-order valence-electron chi connectivity index (χ3n) is 5.03. The van der Waals surface area contributed by atoms with Crippen LogP contribution in [0.25, 0.3) is 0 Å². The molecule has 174 valence electrons. The van der Waals surface area contributed by atoms with Gasteiger partial charge in [0.15, 0.2) is 0 Å². The number of nitrogens with zero attached hydrogens (tertiary/aromatic N) is 1. The molecule has 0 heterocycles. The molecule has 0 saturated heterocycles. The van der Waals surface area contributed by atoms with Crippen molar-refractivity contribution < 1.29 is 23.0 Å². The second kappa shape index (κ2) is 15.8. The maximum Gasteiger partial charge on any atom is 0.268 e. The highest BCUT2D eigenvalue weighted by Gasteiger charge is 2.12. The number of phosphoric acid groups is 1. The van der Waals surface area contributed by atoms with Crippen LogP contribution in [0.3, 0.4) is 0 Å². The van der Waals surface area contributed by atoms with Gasteiger partial charge in [0.1, 0.15) is 13.2 Å². The molecule has 1 aromatic rings. The van der Waals surface area contributed by atoms with E-state index in [0.29, 0.717) is 11.0 Å². The Morgan fingerprint density at radius 3 is 1.80 bits per heavy atom. The summed E-state index contributed by atoms with van der Waals surface area (Å²) in [4.78, 5) is 11.7. The van der Waals surface area contributed by atoms with Crippen LogP contribution in [0.2, 0.25) is 0 Å². The summed E-state index contributed by atoms with van der Waals surface area (Å²) in [5.74, 6) is 0. The number of benzene rings is 1. The molecule has 0 fully saturated rings. The fraction of sp³-hybridized carbons (Fsp3) is 0.739. The molecular formula is C23H41INO4P. The number of aryl methyl sites for hydroxylation is 1. The molecule has 0 N–H and O–H groups in total. The molecule has 0 spiro atoms. The Balaban J connectivity index is 1.86. The SMILES string of the molecule is C[N+](C)(C)CCOP(=O)([O-])OCCCCCCCCCCCCc1ccc(I)cc1. The predicted octanol–water partition coefficient (Wildman–Crippen LogP) is 5.94. The normalized spacial score (nSPS) is 14.0. The minimum atomic E-state index is -4.14. The number of halogens is 1. The summed E-state index contributed by atoms with van der Waals surface area (Å²) < 4.78 is 23.5. The third-order valence-corrected chi connectivity index (χ3v) is 6.75. The molecule has 0 radical (unpaired) electrons. The van der Waals surface area contributed by atoms with E-state index < -0.39 is 7.82 Å². The fourth-order valence-corrected chi connectivity index (χ4v) is 4.23. The van der Waals surface area contributed by atoms with Crippen molar-refractivity contribution in [3.63, 3.8) is 0 Å². The van der Waals surface area contributed by atoms with Gasteiger partial charge in [0.2, 0.25) is 0 Å². The molecule has 0 bridgehead atoms. The average molecular weight is 553 g/mol. The van der Waals surface area contributed by atoms with Gasteiger partial charge in [-0.25, -0.2) is 0 Å². The van der Waals surface area contributed by atoms with Crippen molar-refractivity contribution in [2.45, 2.75) is 70.6 Å². The first-order valence-electron chi connectivity index (χ1n) is 11.3. The quantitative estimate of drug-likeness (QED) is 0.0977. The summed E-state index contributed by atoms with van der Waals surface area (Å²) in [5.41, 5.74) is 1.45. The summed E-state index contributed by atoms with van der Waals surface area (Å²) in [6.07, 6.45) is 13.1. The average Bonchev–Trinajstić information content (AvgIpc) is 2.65. The van der Waals surface area contributed by atoms with Crippen LogP contribution < -0.4 is 4.89 Å². The Morgan fingerprint density at radius 1 is 0.800 bits per heavy atom. The maximum atomic E-state index is 11.7. The van der Waals surface area contributed by atoms with Crippen LogP contribution in [0.5, 0.6) is 0 Å². The monoisotopic (exact) mass is 553 g/mol. The van der Waals surface area contributed by atoms with Gasteiger partial charge in [-0.3, -0.25) is 4.57 Å². The molecule has 0 aromatic heterocycles. The first-order valence-corrected chi connectivity index (χ1v) is 13.9. The summed E-state index contributed by atoms with van der Waals surface area (Å²) in [6, 6.07) is 8.84. The van der Waals surface area contributed by atoms with E-state index in [9.17, 15) is 9.46 Å². The number of unbranched alkanes of at least 4 members (excludes halogenated alkanes) is 9. The maximum absolute atomic E-state index is 11.7. The lowest BCUT2D eigenvalue weighted by molar-refractivity contribution is -0.870. The number of rotatable bonds is 18. The molecule has 1 rings (SSSR count). The van der Waals surface area contributed by atoms with Crippen molar-refractivity contribution in [1.82, 2.24) is 0 Å². The number of phosphoric ester groups is 1. The molecule has 1 unspecified atom stereocenters. The fourth-order valence-electron chi connectivity index (χ4n) is 3.14. The highest BCUT2D eigenvalue weighted by atomic mass is 127. The van der Waals surface area contributed by atoms with E-state index in [1.165, 1.54) is 60.5 Å². The topological polar surface area (TPSA) is 58.6 Å². The van der Waals surface area contributed by atoms with Crippen molar-refractivity contribution in [2.75, 3.05) is 40.9 Å². The third kappa shape index (κ3) is 16.7. The van der Waals surface area contributed by atoms with Gasteiger partial charge in [-0.2, -0.15) is 0 Å². The van der Waals surface area contributed by atoms with Gasteiger partial charge in [-0.05, 0) is 59.5 Å². The van der Waals surface area contributed by atoms with Crippen LogP contribution in [0.4, 0.5) is 0 Å². The van der Waals surface area contributed by atoms with E-state index in [4.69, 9.17) is 9.05 Å². The lowest BCUT2D eigenvalue weighted by atomic mass is 10.0. The van der Waals surface area contributed by atoms with E-state index in [2.05, 4.69) is 46.9 Å². The number of quaternary nitrogens is 1. The van der Waals surface area contributed by atoms with E-state index in [-0.39, 0.29) is 13.2 Å². The van der Waals surface area contributed by atoms with Gasteiger partial charge in [0.05, 0.1) is 27.7 Å². The first kappa shape index (κ1) is 28.1. The minimum absolute atomic E-state index is 0.163. The van der Waals surface area contributed by atoms with Crippen LogP contribution in [-0.2, 0) is 20.0 Å². The van der Waals surface area contributed by atoms with Gasteiger partial charge in [0.25, 0.3) is 7.82 Å². The number of hydrogen-bond donors (Lipinski definition) is 0. The summed E-state index contributed by atoms with van der Waals surface area (Å²) >= 11 is 2.35. The first-order chi connectivity index (χ1) is 14.2. The predicted molar refractivity (Wildman–Crippen MR) is 131 cm³/mol. The molecule has 7 heteroatoms. The number of likely N-dealkylation sites (N-methyl/N-ethyl adjacent to an activating group) is 1. The highest BCUT2D eigenvalue weighted by Crippen LogP contribution is 2.38. The van der Waals surface area contributed by atoms with E-state index in [1.807, 2.05) is 21.1 Å². The van der Waals surface area contributed by atoms with E-state index >= 15 is 0 Å². The second-order valence-electron chi connectivity index (χ2n) is 9.04. The molecular weight excluding hydrogens is 512 g/mol. The molecule has 0 aliphatic carbocycles. The lowest BCUT2D eigenvalue weighted by Crippen LogP contribution is -2.37. The van der Waals surface area contributed by atoms with Gasteiger partial charge in [-0.1, -0.05) is 63.5 Å². The Hall–Kier alpha value is 0.0200. The molecule has 0 saturated carbocycles. The van der Waals surface area contributed by atoms with Crippen LogP contribution >= 0.6 is 30.4 Å². The standard InChI is InChI=1S/C23H41INO4P/c1-25(2,3)19-21-29-30(26,27)28-20-13-11-9-7-5-4-6-8-10-12-14-22-15-17-23(24)18-16-22/h15-18H,4-14,19-21H2,1-3H3. The van der Waals surface area contributed by atoms with E-state index in [1.54, 1.807) is 0 Å².